The number of nitrogens with one attached hydrogen (secondary N) is 1. The maximum atomic E-state index is 11.9. The monoisotopic (exact) mass is 318 g/mol. The molecule has 22 heavy (non-hydrogen) atoms. The number of rotatable bonds is 6. The fraction of sp³-hybridized carbons (Fsp3) is 0.312. The lowest BCUT2D eigenvalue weighted by atomic mass is 10.1. The SMILES string of the molecule is CCc1ccc(CNC(=O)Cc2nc(C)c(C(=O)O)s2)cc1. The Balaban J connectivity index is 1.89. The molecule has 0 saturated heterocycles. The van der Waals surface area contributed by atoms with Crippen LogP contribution in [0.4, 0.5) is 0 Å². The van der Waals surface area contributed by atoms with Crippen molar-refractivity contribution in [2.45, 2.75) is 33.2 Å². The second kappa shape index (κ2) is 7.17. The van der Waals surface area contributed by atoms with Crippen molar-refractivity contribution in [1.29, 1.82) is 0 Å². The fourth-order valence-electron chi connectivity index (χ4n) is 2.02. The average Bonchev–Trinajstić information content (AvgIpc) is 2.86. The van der Waals surface area contributed by atoms with Gasteiger partial charge in [0.1, 0.15) is 9.88 Å². The number of hydrogen-bond acceptors (Lipinski definition) is 4. The minimum atomic E-state index is -1.00. The highest BCUT2D eigenvalue weighted by molar-refractivity contribution is 7.13. The van der Waals surface area contributed by atoms with Crippen molar-refractivity contribution in [2.75, 3.05) is 0 Å². The summed E-state index contributed by atoms with van der Waals surface area (Å²) < 4.78 is 0. The molecule has 1 aromatic carbocycles. The topological polar surface area (TPSA) is 79.3 Å². The predicted octanol–water partition coefficient (Wildman–Crippen LogP) is 2.57. The third-order valence-electron chi connectivity index (χ3n) is 3.27. The van der Waals surface area contributed by atoms with Gasteiger partial charge in [-0.05, 0) is 24.5 Å². The minimum absolute atomic E-state index is 0.103. The number of hydrogen-bond donors (Lipinski definition) is 2. The maximum absolute atomic E-state index is 11.9. The van der Waals surface area contributed by atoms with E-state index in [0.717, 1.165) is 23.3 Å². The highest BCUT2D eigenvalue weighted by Gasteiger charge is 2.15. The van der Waals surface area contributed by atoms with Gasteiger partial charge in [-0.25, -0.2) is 9.78 Å². The quantitative estimate of drug-likeness (QED) is 0.858. The number of aromatic carboxylic acids is 1. The second-order valence-corrected chi connectivity index (χ2v) is 6.03. The second-order valence-electron chi connectivity index (χ2n) is 4.95. The number of aryl methyl sites for hydroxylation is 2. The summed E-state index contributed by atoms with van der Waals surface area (Å²) in [4.78, 5) is 27.2. The van der Waals surface area contributed by atoms with Gasteiger partial charge in [-0.1, -0.05) is 31.2 Å². The van der Waals surface area contributed by atoms with Crippen molar-refractivity contribution >= 4 is 23.2 Å². The lowest BCUT2D eigenvalue weighted by Crippen LogP contribution is -2.24. The van der Waals surface area contributed by atoms with Crippen molar-refractivity contribution in [1.82, 2.24) is 10.3 Å². The van der Waals surface area contributed by atoms with Crippen LogP contribution >= 0.6 is 11.3 Å². The van der Waals surface area contributed by atoms with Gasteiger partial charge in [0.05, 0.1) is 12.1 Å². The van der Waals surface area contributed by atoms with E-state index in [-0.39, 0.29) is 17.2 Å². The Morgan fingerprint density at radius 2 is 1.86 bits per heavy atom. The van der Waals surface area contributed by atoms with Crippen LogP contribution in [0.3, 0.4) is 0 Å². The molecule has 0 aliphatic carbocycles. The number of nitrogens with zero attached hydrogens (tertiary/aromatic N) is 1. The summed E-state index contributed by atoms with van der Waals surface area (Å²) in [5.41, 5.74) is 2.75. The van der Waals surface area contributed by atoms with E-state index < -0.39 is 5.97 Å². The van der Waals surface area contributed by atoms with Gasteiger partial charge in [0, 0.05) is 6.54 Å². The first-order valence-electron chi connectivity index (χ1n) is 7.03. The molecule has 5 nitrogen and oxygen atoms in total. The van der Waals surface area contributed by atoms with Crippen molar-refractivity contribution in [3.63, 3.8) is 0 Å². The highest BCUT2D eigenvalue weighted by atomic mass is 32.1. The van der Waals surface area contributed by atoms with Crippen molar-refractivity contribution < 1.29 is 14.7 Å². The van der Waals surface area contributed by atoms with E-state index in [0.29, 0.717) is 17.2 Å². The first-order chi connectivity index (χ1) is 10.5. The van der Waals surface area contributed by atoms with Crippen molar-refractivity contribution in [3.05, 3.63) is 51.0 Å². The summed E-state index contributed by atoms with van der Waals surface area (Å²) in [6, 6.07) is 8.08. The molecule has 2 rings (SSSR count). The number of carboxylic acids is 1. The number of aromatic nitrogens is 1. The molecule has 0 atom stereocenters. The third-order valence-corrected chi connectivity index (χ3v) is 4.41. The van der Waals surface area contributed by atoms with Gasteiger partial charge in [0.25, 0.3) is 0 Å². The Morgan fingerprint density at radius 1 is 1.23 bits per heavy atom. The van der Waals surface area contributed by atoms with Crippen molar-refractivity contribution in [2.24, 2.45) is 0 Å². The van der Waals surface area contributed by atoms with Crippen LogP contribution in [0.2, 0.25) is 0 Å². The molecule has 0 saturated carbocycles. The van der Waals surface area contributed by atoms with Gasteiger partial charge in [-0.15, -0.1) is 11.3 Å². The molecule has 1 aromatic heterocycles. The number of carbonyl (C=O) groups excluding carboxylic acids is 1. The van der Waals surface area contributed by atoms with Crippen LogP contribution in [0.1, 0.15) is 38.4 Å². The molecule has 1 heterocycles. The summed E-state index contributed by atoms with van der Waals surface area (Å²) >= 11 is 1.05. The number of amides is 1. The molecule has 2 N–H and O–H groups in total. The van der Waals surface area contributed by atoms with Crippen LogP contribution in [0.15, 0.2) is 24.3 Å². The van der Waals surface area contributed by atoms with Crippen LogP contribution in [0.25, 0.3) is 0 Å². The molecule has 0 aliphatic heterocycles. The van der Waals surface area contributed by atoms with Crippen LogP contribution < -0.4 is 5.32 Å². The zero-order chi connectivity index (χ0) is 16.1. The smallest absolute Gasteiger partial charge is 0.347 e. The molecule has 0 aliphatic rings. The molecule has 0 bridgehead atoms. The Labute approximate surface area is 133 Å². The average molecular weight is 318 g/mol. The van der Waals surface area contributed by atoms with Gasteiger partial charge in [0.2, 0.25) is 5.91 Å². The maximum Gasteiger partial charge on any atom is 0.347 e. The molecule has 0 spiro atoms. The third kappa shape index (κ3) is 4.14. The standard InChI is InChI=1S/C16H18N2O3S/c1-3-11-4-6-12(7-5-11)9-17-13(19)8-14-18-10(2)15(22-14)16(20)21/h4-7H,3,8-9H2,1-2H3,(H,17,19)(H,20,21). The molecular formula is C16H18N2O3S. The van der Waals surface area contributed by atoms with Crippen molar-refractivity contribution in [3.8, 4) is 0 Å². The van der Waals surface area contributed by atoms with E-state index >= 15 is 0 Å². The van der Waals surface area contributed by atoms with Gasteiger partial charge in [-0.2, -0.15) is 0 Å². The van der Waals surface area contributed by atoms with E-state index in [9.17, 15) is 9.59 Å². The summed E-state index contributed by atoms with van der Waals surface area (Å²) in [6.45, 7) is 4.19. The van der Waals surface area contributed by atoms with Crippen LogP contribution in [-0.4, -0.2) is 22.0 Å². The number of carboxylic acid groups (broad SMARTS) is 1. The zero-order valence-electron chi connectivity index (χ0n) is 12.5. The Hall–Kier alpha value is -2.21. The van der Waals surface area contributed by atoms with Crippen LogP contribution in [-0.2, 0) is 24.2 Å². The number of thiazole rings is 1. The summed E-state index contributed by atoms with van der Waals surface area (Å²) in [5, 5.41) is 12.3. The van der Waals surface area contributed by atoms with Gasteiger partial charge in [0.15, 0.2) is 0 Å². The molecule has 6 heteroatoms. The molecule has 0 radical (unpaired) electrons. The zero-order valence-corrected chi connectivity index (χ0v) is 13.4. The van der Waals surface area contributed by atoms with E-state index in [1.165, 1.54) is 5.56 Å². The summed E-state index contributed by atoms with van der Waals surface area (Å²) in [6.07, 6.45) is 1.09. The molecule has 0 fully saturated rings. The van der Waals surface area contributed by atoms with Gasteiger partial charge < -0.3 is 10.4 Å². The molecule has 2 aromatic rings. The van der Waals surface area contributed by atoms with E-state index in [2.05, 4.69) is 17.2 Å². The summed E-state index contributed by atoms with van der Waals surface area (Å²) in [7, 11) is 0. The van der Waals surface area contributed by atoms with E-state index in [1.54, 1.807) is 6.92 Å². The largest absolute Gasteiger partial charge is 0.477 e. The van der Waals surface area contributed by atoms with Crippen LogP contribution in [0, 0.1) is 6.92 Å². The molecule has 0 unspecified atom stereocenters. The first-order valence-corrected chi connectivity index (χ1v) is 7.85. The number of benzene rings is 1. The minimum Gasteiger partial charge on any atom is -0.477 e. The Morgan fingerprint density at radius 3 is 2.41 bits per heavy atom. The first kappa shape index (κ1) is 16.2. The normalized spacial score (nSPS) is 10.5. The Bertz CT molecular complexity index is 677. The number of carbonyl (C=O) groups is 2. The lowest BCUT2D eigenvalue weighted by Gasteiger charge is -2.05. The highest BCUT2D eigenvalue weighted by Crippen LogP contribution is 2.18. The Kier molecular flexibility index (Phi) is 5.27. The molecule has 1 amide bonds. The van der Waals surface area contributed by atoms with Crippen LogP contribution in [0.5, 0.6) is 0 Å². The summed E-state index contributed by atoms with van der Waals surface area (Å²) in [5.74, 6) is -1.16. The van der Waals surface area contributed by atoms with E-state index in [1.807, 2.05) is 24.3 Å². The predicted molar refractivity (Wildman–Crippen MR) is 85.2 cm³/mol. The molecule has 116 valence electrons. The van der Waals surface area contributed by atoms with Gasteiger partial charge in [-0.3, -0.25) is 4.79 Å². The van der Waals surface area contributed by atoms with Gasteiger partial charge >= 0.3 is 5.97 Å². The van der Waals surface area contributed by atoms with E-state index in [4.69, 9.17) is 5.11 Å². The lowest BCUT2D eigenvalue weighted by molar-refractivity contribution is -0.120. The fourth-order valence-corrected chi connectivity index (χ4v) is 2.92. The molecular weight excluding hydrogens is 300 g/mol.